The minimum absolute atomic E-state index is 0.0477. The van der Waals surface area contributed by atoms with Crippen LogP contribution in [0.1, 0.15) is 51.2 Å². The number of fused-ring (bicyclic) bond motifs is 2. The number of ether oxygens (including phenoxy) is 2. The third kappa shape index (κ3) is 7.97. The highest BCUT2D eigenvalue weighted by molar-refractivity contribution is 6.01. The third-order valence-corrected chi connectivity index (χ3v) is 11.1. The van der Waals surface area contributed by atoms with Gasteiger partial charge in [-0.05, 0) is 69.7 Å². The van der Waals surface area contributed by atoms with Crippen LogP contribution in [0.25, 0.3) is 11.0 Å². The molecule has 2 saturated heterocycles. The Morgan fingerprint density at radius 1 is 0.818 bits per heavy atom. The summed E-state index contributed by atoms with van der Waals surface area (Å²) in [4.78, 5) is 45.5. The van der Waals surface area contributed by atoms with E-state index in [4.69, 9.17) is 19.5 Å². The second-order valence-corrected chi connectivity index (χ2v) is 15.9. The van der Waals surface area contributed by atoms with Gasteiger partial charge in [0.05, 0.1) is 35.4 Å². The number of aromatic nitrogens is 2. The molecule has 3 aromatic carbocycles. The second-order valence-electron chi connectivity index (χ2n) is 15.9. The van der Waals surface area contributed by atoms with Crippen molar-refractivity contribution in [2.75, 3.05) is 50.8 Å². The summed E-state index contributed by atoms with van der Waals surface area (Å²) in [6.07, 6.45) is 8.14. The summed E-state index contributed by atoms with van der Waals surface area (Å²) in [6.45, 7) is 10.2. The monoisotopic (exact) mass is 741 g/mol. The van der Waals surface area contributed by atoms with E-state index >= 15 is 0 Å². The van der Waals surface area contributed by atoms with Crippen LogP contribution in [0, 0.1) is 5.92 Å². The van der Waals surface area contributed by atoms with E-state index in [0.717, 1.165) is 59.9 Å². The number of piperazine rings is 1. The molecule has 4 aromatic rings. The van der Waals surface area contributed by atoms with Crippen LogP contribution in [-0.2, 0) is 16.0 Å². The van der Waals surface area contributed by atoms with Crippen LogP contribution in [-0.4, -0.2) is 106 Å². The number of aliphatic imine (C=N–C) groups is 1. The van der Waals surface area contributed by atoms with Crippen LogP contribution in [0.4, 0.5) is 15.5 Å². The highest BCUT2D eigenvalue weighted by Crippen LogP contribution is 2.37. The lowest BCUT2D eigenvalue weighted by Crippen LogP contribution is -2.54. The van der Waals surface area contributed by atoms with Crippen molar-refractivity contribution in [3.63, 3.8) is 0 Å². The molecule has 0 radical (unpaired) electrons. The standard InChI is InChI=1S/C44H51N7O4/c1-44(2,3)55-43(53)48-24-22-33(23-25-48)39(51-38-21-13-11-19-36(38)45-40(51)34-16-8-5-9-17-34)31-54-42(52)49-28-26-47(27-29-49)41-46-35-18-10-12-20-37(35)50(41)30-32-14-6-4-7-15-32/h4-20,33,38-39H,21-31H2,1-3H3. The lowest BCUT2D eigenvalue weighted by Gasteiger charge is -2.43. The van der Waals surface area contributed by atoms with Crippen LogP contribution in [0.3, 0.4) is 0 Å². The smallest absolute Gasteiger partial charge is 0.410 e. The molecule has 11 heteroatoms. The van der Waals surface area contributed by atoms with Gasteiger partial charge in [-0.1, -0.05) is 84.9 Å². The number of anilines is 1. The first-order valence-electron chi connectivity index (χ1n) is 19.6. The Morgan fingerprint density at radius 2 is 1.49 bits per heavy atom. The molecule has 4 aliphatic rings. The highest BCUT2D eigenvalue weighted by atomic mass is 16.6. The summed E-state index contributed by atoms with van der Waals surface area (Å²) in [6, 6.07) is 28.9. The van der Waals surface area contributed by atoms with Crippen molar-refractivity contribution in [2.24, 2.45) is 10.9 Å². The number of allylic oxidation sites excluding steroid dienone is 2. The zero-order chi connectivity index (χ0) is 37.9. The number of rotatable bonds is 8. The minimum atomic E-state index is -0.554. The number of para-hydroxylation sites is 2. The van der Waals surface area contributed by atoms with E-state index in [0.29, 0.717) is 39.3 Å². The Labute approximate surface area is 323 Å². The van der Waals surface area contributed by atoms with E-state index in [-0.39, 0.29) is 36.8 Å². The van der Waals surface area contributed by atoms with Gasteiger partial charge in [0, 0.05) is 44.8 Å². The Kier molecular flexibility index (Phi) is 10.4. The van der Waals surface area contributed by atoms with Crippen LogP contribution in [0.2, 0.25) is 0 Å². The largest absolute Gasteiger partial charge is 0.447 e. The number of amides is 2. The molecule has 2 unspecified atom stereocenters. The molecule has 4 heterocycles. The first-order chi connectivity index (χ1) is 26.7. The highest BCUT2D eigenvalue weighted by Gasteiger charge is 2.43. The number of imidazole rings is 1. The Bertz CT molecular complexity index is 2070. The van der Waals surface area contributed by atoms with Crippen LogP contribution in [0.15, 0.2) is 114 Å². The van der Waals surface area contributed by atoms with Crippen molar-refractivity contribution in [2.45, 2.75) is 64.3 Å². The summed E-state index contributed by atoms with van der Waals surface area (Å²) in [5.41, 5.74) is 4.78. The molecule has 0 saturated carbocycles. The quantitative estimate of drug-likeness (QED) is 0.187. The maximum atomic E-state index is 13.9. The molecule has 0 bridgehead atoms. The number of amidine groups is 1. The molecule has 55 heavy (non-hydrogen) atoms. The van der Waals surface area contributed by atoms with Gasteiger partial charge in [-0.15, -0.1) is 0 Å². The molecular formula is C44H51N7O4. The average molecular weight is 742 g/mol. The molecule has 1 aliphatic carbocycles. The predicted molar refractivity (Wildman–Crippen MR) is 215 cm³/mol. The second kappa shape index (κ2) is 15.6. The predicted octanol–water partition coefficient (Wildman–Crippen LogP) is 7.33. The summed E-state index contributed by atoms with van der Waals surface area (Å²) >= 11 is 0. The Balaban J connectivity index is 0.982. The number of carbonyl (C=O) groups excluding carboxylic acids is 2. The first kappa shape index (κ1) is 36.4. The normalized spacial score (nSPS) is 19.6. The third-order valence-electron chi connectivity index (χ3n) is 11.1. The number of carbonyl (C=O) groups is 2. The fourth-order valence-corrected chi connectivity index (χ4v) is 8.29. The van der Waals surface area contributed by atoms with Gasteiger partial charge in [0.1, 0.15) is 18.0 Å². The maximum absolute atomic E-state index is 13.9. The molecule has 2 fully saturated rings. The number of hydrogen-bond donors (Lipinski definition) is 0. The molecule has 11 nitrogen and oxygen atoms in total. The van der Waals surface area contributed by atoms with Crippen LogP contribution in [0.5, 0.6) is 0 Å². The summed E-state index contributed by atoms with van der Waals surface area (Å²) in [7, 11) is 0. The maximum Gasteiger partial charge on any atom is 0.410 e. The fourth-order valence-electron chi connectivity index (χ4n) is 8.29. The number of benzene rings is 3. The van der Waals surface area contributed by atoms with Gasteiger partial charge in [-0.25, -0.2) is 19.6 Å². The van der Waals surface area contributed by atoms with Gasteiger partial charge in [0.25, 0.3) is 0 Å². The minimum Gasteiger partial charge on any atom is -0.447 e. The molecule has 0 spiro atoms. The van der Waals surface area contributed by atoms with Gasteiger partial charge in [0.2, 0.25) is 5.95 Å². The van der Waals surface area contributed by atoms with Crippen LogP contribution >= 0.6 is 0 Å². The zero-order valence-electron chi connectivity index (χ0n) is 32.1. The molecule has 2 atom stereocenters. The van der Waals surface area contributed by atoms with E-state index in [1.165, 1.54) is 5.56 Å². The van der Waals surface area contributed by atoms with Gasteiger partial charge in [-0.2, -0.15) is 0 Å². The number of likely N-dealkylation sites (tertiary alicyclic amines) is 1. The van der Waals surface area contributed by atoms with E-state index in [1.54, 1.807) is 0 Å². The lowest BCUT2D eigenvalue weighted by atomic mass is 9.87. The van der Waals surface area contributed by atoms with Crippen molar-refractivity contribution in [1.29, 1.82) is 0 Å². The van der Waals surface area contributed by atoms with Gasteiger partial charge < -0.3 is 33.6 Å². The average Bonchev–Trinajstić information content (AvgIpc) is 3.77. The molecule has 2 amide bonds. The van der Waals surface area contributed by atoms with E-state index in [2.05, 4.69) is 87.2 Å². The molecule has 1 aromatic heterocycles. The van der Waals surface area contributed by atoms with Gasteiger partial charge >= 0.3 is 12.2 Å². The number of nitrogens with zero attached hydrogens (tertiary/aromatic N) is 7. The molecular weight excluding hydrogens is 691 g/mol. The van der Waals surface area contributed by atoms with Crippen molar-refractivity contribution in [1.82, 2.24) is 24.3 Å². The fraction of sp³-hybridized carbons (Fsp3) is 0.409. The van der Waals surface area contributed by atoms with E-state index in [9.17, 15) is 9.59 Å². The van der Waals surface area contributed by atoms with E-state index < -0.39 is 5.60 Å². The molecule has 0 N–H and O–H groups in total. The number of hydrogen-bond acceptors (Lipinski definition) is 8. The van der Waals surface area contributed by atoms with Crippen molar-refractivity contribution in [3.05, 3.63) is 120 Å². The first-order valence-corrected chi connectivity index (χ1v) is 19.6. The molecule has 8 rings (SSSR count). The molecule has 3 aliphatic heterocycles. The topological polar surface area (TPSA) is 95.7 Å². The van der Waals surface area contributed by atoms with Crippen molar-refractivity contribution < 1.29 is 19.1 Å². The Morgan fingerprint density at radius 3 is 2.22 bits per heavy atom. The number of piperidine rings is 1. The van der Waals surface area contributed by atoms with Gasteiger partial charge in [-0.3, -0.25) is 0 Å². The van der Waals surface area contributed by atoms with E-state index in [1.807, 2.05) is 60.9 Å². The SMILES string of the molecule is CC(C)(C)OC(=O)N1CCC(C(COC(=O)N2CCN(c3nc4ccccc4n3Cc3ccccc3)CC2)N2C(c3ccccc3)=NC3=CC=CCC32)CC1. The van der Waals surface area contributed by atoms with Crippen molar-refractivity contribution in [3.8, 4) is 0 Å². The van der Waals surface area contributed by atoms with Crippen LogP contribution < -0.4 is 4.90 Å². The summed E-state index contributed by atoms with van der Waals surface area (Å²) in [5, 5.41) is 0. The zero-order valence-corrected chi connectivity index (χ0v) is 32.1. The summed E-state index contributed by atoms with van der Waals surface area (Å²) < 4.78 is 14.3. The van der Waals surface area contributed by atoms with Gasteiger partial charge in [0.15, 0.2) is 0 Å². The molecule has 286 valence electrons. The summed E-state index contributed by atoms with van der Waals surface area (Å²) in [5.74, 6) is 1.99. The lowest BCUT2D eigenvalue weighted by molar-refractivity contribution is 0.00937. The van der Waals surface area contributed by atoms with Crippen molar-refractivity contribution >= 4 is 35.0 Å². The Hall–Kier alpha value is -5.58.